The van der Waals surface area contributed by atoms with Crippen molar-refractivity contribution >= 4 is 19.8 Å². The van der Waals surface area contributed by atoms with Crippen molar-refractivity contribution in [2.45, 2.75) is 264 Å². The Morgan fingerprint density at radius 2 is 0.770 bits per heavy atom. The van der Waals surface area contributed by atoms with Crippen molar-refractivity contribution in [2.24, 2.45) is 0 Å². The van der Waals surface area contributed by atoms with E-state index in [1.54, 1.807) is 0 Å². The predicted octanol–water partition coefficient (Wildman–Crippen LogP) is 19.0. The smallest absolute Gasteiger partial charge is 0.462 e. The fraction of sp³-hybridized carbons (Fsp3) is 0.750. The van der Waals surface area contributed by atoms with Gasteiger partial charge in [0.25, 0.3) is 0 Å². The minimum absolute atomic E-state index is 0.0256. The minimum atomic E-state index is -4.39. The summed E-state index contributed by atoms with van der Waals surface area (Å²) >= 11 is 0. The summed E-state index contributed by atoms with van der Waals surface area (Å²) in [5.41, 5.74) is 0. The highest BCUT2D eigenvalue weighted by Crippen LogP contribution is 2.43. The summed E-state index contributed by atoms with van der Waals surface area (Å²) in [5, 5.41) is 0. The Morgan fingerprint density at radius 3 is 1.15 bits per heavy atom. The van der Waals surface area contributed by atoms with Crippen molar-refractivity contribution < 1.29 is 42.1 Å². The highest BCUT2D eigenvalue weighted by molar-refractivity contribution is 7.47. The van der Waals surface area contributed by atoms with Crippen molar-refractivity contribution in [3.05, 3.63) is 85.1 Å². The average Bonchev–Trinajstić information content (AvgIpc) is 3.36. The van der Waals surface area contributed by atoms with Gasteiger partial charge in [0.1, 0.15) is 19.8 Å². The molecule has 0 aromatic heterocycles. The molecule has 0 aliphatic carbocycles. The first-order valence-corrected chi connectivity index (χ1v) is 31.8. The molecule has 0 radical (unpaired) electrons. The fourth-order valence-corrected chi connectivity index (χ4v) is 8.99. The van der Waals surface area contributed by atoms with Crippen LogP contribution in [0.25, 0.3) is 0 Å². The summed E-state index contributed by atoms with van der Waals surface area (Å²) < 4.78 is 34.6. The third kappa shape index (κ3) is 58.5. The van der Waals surface area contributed by atoms with Gasteiger partial charge in [0.15, 0.2) is 6.10 Å². The van der Waals surface area contributed by atoms with Crippen LogP contribution in [-0.2, 0) is 32.7 Å². The topological polar surface area (TPSA) is 108 Å². The molecule has 0 aromatic rings. The van der Waals surface area contributed by atoms with Crippen LogP contribution in [0.15, 0.2) is 85.1 Å². The van der Waals surface area contributed by atoms with E-state index >= 15 is 0 Å². The van der Waals surface area contributed by atoms with Crippen LogP contribution in [0.1, 0.15) is 258 Å². The number of nitrogens with zero attached hydrogens (tertiary/aromatic N) is 1. The van der Waals surface area contributed by atoms with Crippen molar-refractivity contribution in [2.75, 3.05) is 47.5 Å². The normalized spacial score (nSPS) is 13.9. The molecule has 0 rings (SSSR count). The number of hydrogen-bond donors (Lipinski definition) is 1. The number of quaternary nitrogens is 1. The molecule has 428 valence electrons. The maximum absolute atomic E-state index is 12.8. The maximum atomic E-state index is 12.8. The van der Waals surface area contributed by atoms with Crippen LogP contribution in [-0.4, -0.2) is 74.9 Å². The van der Waals surface area contributed by atoms with Crippen LogP contribution in [0.3, 0.4) is 0 Å². The van der Waals surface area contributed by atoms with Gasteiger partial charge in [-0.15, -0.1) is 0 Å². The Bertz CT molecular complexity index is 1520. The minimum Gasteiger partial charge on any atom is -0.462 e. The van der Waals surface area contributed by atoms with Crippen LogP contribution < -0.4 is 0 Å². The number of hydrogen-bond acceptors (Lipinski definition) is 7. The molecule has 0 heterocycles. The first-order valence-electron chi connectivity index (χ1n) is 30.3. The van der Waals surface area contributed by atoms with E-state index in [1.807, 2.05) is 21.1 Å². The number of phosphoric ester groups is 1. The molecule has 2 unspecified atom stereocenters. The number of unbranched alkanes of at least 4 members (excludes halogenated alkanes) is 27. The molecule has 10 heteroatoms. The Balaban J connectivity index is 4.10. The van der Waals surface area contributed by atoms with Gasteiger partial charge in [-0.05, 0) is 89.9 Å². The summed E-state index contributed by atoms with van der Waals surface area (Å²) in [7, 11) is 1.46. The van der Waals surface area contributed by atoms with Crippen molar-refractivity contribution in [3.8, 4) is 0 Å². The molecular formula is C64H115NO8P+. The van der Waals surface area contributed by atoms with Gasteiger partial charge in [-0.2, -0.15) is 0 Å². The number of esters is 2. The fourth-order valence-electron chi connectivity index (χ4n) is 8.25. The second-order valence-electron chi connectivity index (χ2n) is 21.4. The summed E-state index contributed by atoms with van der Waals surface area (Å²) in [5.74, 6) is -0.812. The number of ether oxygens (including phenoxy) is 2. The van der Waals surface area contributed by atoms with Gasteiger partial charge in [0.2, 0.25) is 0 Å². The first-order chi connectivity index (χ1) is 36.0. The highest BCUT2D eigenvalue weighted by atomic mass is 31.2. The van der Waals surface area contributed by atoms with Crippen molar-refractivity contribution in [1.82, 2.24) is 0 Å². The van der Waals surface area contributed by atoms with E-state index in [9.17, 15) is 19.0 Å². The molecule has 9 nitrogen and oxygen atoms in total. The zero-order valence-corrected chi connectivity index (χ0v) is 49.5. The molecule has 0 aromatic carbocycles. The molecular weight excluding hydrogens is 942 g/mol. The van der Waals surface area contributed by atoms with Crippen LogP contribution in [0, 0.1) is 0 Å². The molecule has 0 saturated carbocycles. The zero-order chi connectivity index (χ0) is 54.2. The maximum Gasteiger partial charge on any atom is 0.472 e. The Kier molecular flexibility index (Phi) is 52.9. The molecule has 0 aliphatic rings. The Hall–Kier alpha value is -2.81. The van der Waals surface area contributed by atoms with Crippen LogP contribution in [0.2, 0.25) is 0 Å². The van der Waals surface area contributed by atoms with E-state index in [0.29, 0.717) is 17.4 Å². The summed E-state index contributed by atoms with van der Waals surface area (Å²) in [4.78, 5) is 35.7. The second-order valence-corrected chi connectivity index (χ2v) is 22.8. The van der Waals surface area contributed by atoms with Crippen LogP contribution in [0.5, 0.6) is 0 Å². The van der Waals surface area contributed by atoms with Crippen LogP contribution >= 0.6 is 7.82 Å². The van der Waals surface area contributed by atoms with E-state index in [-0.39, 0.29) is 32.0 Å². The first kappa shape index (κ1) is 71.2. The molecule has 0 saturated heterocycles. The largest absolute Gasteiger partial charge is 0.472 e. The lowest BCUT2D eigenvalue weighted by atomic mass is 10.0. The average molecular weight is 1060 g/mol. The number of allylic oxidation sites excluding steroid dienone is 14. The SMILES string of the molecule is CC/C=C\C/C=C\C/C=C\C/C=C\CCCCCCCCC(=O)OC(COC(=O)CCCCCCCCCCCCCCCCCC/C=C\C/C=C\C/C=C\CCCCCCC)COP(=O)(O)OCC[N+](C)(C)C. The third-order valence-corrected chi connectivity index (χ3v) is 13.9. The quantitative estimate of drug-likeness (QED) is 0.0211. The van der Waals surface area contributed by atoms with E-state index in [1.165, 1.54) is 128 Å². The number of phosphoric acid groups is 1. The van der Waals surface area contributed by atoms with Gasteiger partial charge < -0.3 is 18.9 Å². The monoisotopic (exact) mass is 1060 g/mol. The molecule has 0 bridgehead atoms. The zero-order valence-electron chi connectivity index (χ0n) is 48.6. The van der Waals surface area contributed by atoms with E-state index in [4.69, 9.17) is 18.5 Å². The van der Waals surface area contributed by atoms with E-state index < -0.39 is 26.5 Å². The van der Waals surface area contributed by atoms with Gasteiger partial charge in [-0.25, -0.2) is 4.57 Å². The second kappa shape index (κ2) is 55.0. The summed E-state index contributed by atoms with van der Waals surface area (Å²) in [6.45, 7) is 4.30. The molecule has 0 fully saturated rings. The molecule has 2 atom stereocenters. The van der Waals surface area contributed by atoms with Gasteiger partial charge in [0, 0.05) is 12.8 Å². The molecule has 0 amide bonds. The lowest BCUT2D eigenvalue weighted by molar-refractivity contribution is -0.870. The third-order valence-electron chi connectivity index (χ3n) is 12.9. The van der Waals surface area contributed by atoms with Gasteiger partial charge in [-0.3, -0.25) is 18.6 Å². The van der Waals surface area contributed by atoms with E-state index in [2.05, 4.69) is 98.9 Å². The molecule has 74 heavy (non-hydrogen) atoms. The standard InChI is InChI=1S/C64H114NO8P/c1-6-8-10-12-14-16-18-20-22-24-26-27-28-29-30-31-32-33-34-35-36-37-39-40-42-44-46-48-50-52-54-56-63(66)70-60-62(61-72-74(68,69)71-59-58-65(3,4)5)73-64(67)57-55-53-51-49-47-45-43-41-38-25-23-21-19-17-15-13-11-9-7-2/h9,11,15,17-18,20-21,23-24,26,28-29,38,41,62H,6-8,10,12-14,16,19,22,25,27,30-37,39-40,42-61H2,1-5H3/p+1/b11-9-,17-15-,20-18-,23-21-,26-24-,29-28-,41-38-. The molecule has 0 aliphatic heterocycles. The Morgan fingerprint density at radius 1 is 0.432 bits per heavy atom. The highest BCUT2D eigenvalue weighted by Gasteiger charge is 2.27. The van der Waals surface area contributed by atoms with E-state index in [0.717, 1.165) is 96.3 Å². The van der Waals surface area contributed by atoms with Gasteiger partial charge in [0.05, 0.1) is 27.7 Å². The number of carbonyl (C=O) groups excluding carboxylic acids is 2. The van der Waals surface area contributed by atoms with Crippen LogP contribution in [0.4, 0.5) is 0 Å². The lowest BCUT2D eigenvalue weighted by Crippen LogP contribution is -2.37. The lowest BCUT2D eigenvalue weighted by Gasteiger charge is -2.24. The number of rotatable bonds is 55. The molecule has 1 N–H and O–H groups in total. The molecule has 0 spiro atoms. The predicted molar refractivity (Wildman–Crippen MR) is 316 cm³/mol. The van der Waals surface area contributed by atoms with Gasteiger partial charge in [-0.1, -0.05) is 240 Å². The summed E-state index contributed by atoms with van der Waals surface area (Å²) in [6, 6.07) is 0. The van der Waals surface area contributed by atoms with Crippen molar-refractivity contribution in [1.29, 1.82) is 0 Å². The number of carbonyl (C=O) groups is 2. The Labute approximate surface area is 456 Å². The number of likely N-dealkylation sites (N-methyl/N-ethyl adjacent to an activating group) is 1. The summed E-state index contributed by atoms with van der Waals surface area (Å²) in [6.07, 6.45) is 73.7. The van der Waals surface area contributed by atoms with Crippen molar-refractivity contribution in [3.63, 3.8) is 0 Å². The van der Waals surface area contributed by atoms with Gasteiger partial charge >= 0.3 is 19.8 Å².